The molecule has 3 amide bonds. The lowest BCUT2D eigenvalue weighted by Crippen LogP contribution is -2.40. The van der Waals surface area contributed by atoms with Crippen molar-refractivity contribution in [3.63, 3.8) is 0 Å². The number of carbonyl (C=O) groups is 3. The van der Waals surface area contributed by atoms with Crippen molar-refractivity contribution in [2.24, 2.45) is 0 Å². The summed E-state index contributed by atoms with van der Waals surface area (Å²) in [6.07, 6.45) is -4.50. The van der Waals surface area contributed by atoms with E-state index in [0.29, 0.717) is 0 Å². The fourth-order valence-electron chi connectivity index (χ4n) is 2.93. The maximum atomic E-state index is 13.0. The molecule has 2 aromatic carbocycles. The summed E-state index contributed by atoms with van der Waals surface area (Å²) in [5.41, 5.74) is -0.227. The lowest BCUT2D eigenvalue weighted by molar-refractivity contribution is -0.138. The second-order valence-electron chi connectivity index (χ2n) is 6.00. The topological polar surface area (TPSA) is 66.5 Å². The summed E-state index contributed by atoms with van der Waals surface area (Å²) in [5.74, 6) is -1.74. The molecule has 1 heterocycles. The minimum Gasteiger partial charge on any atom is -0.354 e. The Bertz CT molecular complexity index is 874. The van der Waals surface area contributed by atoms with Crippen molar-refractivity contribution in [3.8, 4) is 0 Å². The zero-order valence-corrected chi connectivity index (χ0v) is 14.0. The van der Waals surface area contributed by atoms with Gasteiger partial charge in [-0.3, -0.25) is 19.3 Å². The summed E-state index contributed by atoms with van der Waals surface area (Å²) >= 11 is 0. The highest BCUT2D eigenvalue weighted by Crippen LogP contribution is 2.31. The van der Waals surface area contributed by atoms with Gasteiger partial charge in [-0.1, -0.05) is 30.3 Å². The number of nitrogens with zero attached hydrogens (tertiary/aromatic N) is 1. The molecule has 0 saturated carbocycles. The molecule has 1 aliphatic heterocycles. The minimum absolute atomic E-state index is 0.0243. The number of carbonyl (C=O) groups excluding carboxylic acids is 3. The number of hydrogen-bond acceptors (Lipinski definition) is 3. The highest BCUT2D eigenvalue weighted by molar-refractivity contribution is 6.22. The van der Waals surface area contributed by atoms with E-state index in [0.717, 1.165) is 11.0 Å². The second-order valence-corrected chi connectivity index (χ2v) is 6.00. The fraction of sp³-hybridized carbons (Fsp3) is 0.211. The first-order valence-corrected chi connectivity index (χ1v) is 8.16. The van der Waals surface area contributed by atoms with Crippen LogP contribution in [0.3, 0.4) is 0 Å². The molecule has 0 aliphatic carbocycles. The fourth-order valence-corrected chi connectivity index (χ4v) is 2.93. The zero-order valence-electron chi connectivity index (χ0n) is 14.0. The SMILES string of the molecule is O=C(CN1C(=O)c2ccccc2C1=O)NCCc1ccccc1C(F)(F)F. The van der Waals surface area contributed by atoms with Crippen molar-refractivity contribution in [3.05, 3.63) is 70.8 Å². The van der Waals surface area contributed by atoms with Crippen LogP contribution in [-0.4, -0.2) is 35.7 Å². The van der Waals surface area contributed by atoms with Crippen LogP contribution < -0.4 is 5.32 Å². The van der Waals surface area contributed by atoms with Crippen LogP contribution in [0.5, 0.6) is 0 Å². The molecule has 1 aliphatic rings. The number of hydrogen-bond donors (Lipinski definition) is 1. The number of imide groups is 1. The standard InChI is InChI=1S/C19H15F3N2O3/c20-19(21,22)15-8-4-1-5-12(15)9-10-23-16(25)11-24-17(26)13-6-2-3-7-14(13)18(24)27/h1-8H,9-11H2,(H,23,25). The highest BCUT2D eigenvalue weighted by Gasteiger charge is 2.36. The Morgan fingerprint density at radius 1 is 0.926 bits per heavy atom. The number of halogens is 3. The first kappa shape index (κ1) is 18.6. The van der Waals surface area contributed by atoms with Gasteiger partial charge in [0.1, 0.15) is 6.54 Å². The van der Waals surface area contributed by atoms with Gasteiger partial charge in [0.2, 0.25) is 5.91 Å². The molecular weight excluding hydrogens is 361 g/mol. The van der Waals surface area contributed by atoms with E-state index in [-0.39, 0.29) is 29.7 Å². The molecule has 0 spiro atoms. The lowest BCUT2D eigenvalue weighted by Gasteiger charge is -2.15. The van der Waals surface area contributed by atoms with Crippen LogP contribution in [0.1, 0.15) is 31.8 Å². The molecule has 0 saturated heterocycles. The predicted octanol–water partition coefficient (Wildman–Crippen LogP) is 2.66. The molecule has 0 radical (unpaired) electrons. The molecular formula is C19H15F3N2O3. The molecule has 2 aromatic rings. The van der Waals surface area contributed by atoms with Gasteiger partial charge in [-0.05, 0) is 30.2 Å². The van der Waals surface area contributed by atoms with Gasteiger partial charge in [0.05, 0.1) is 16.7 Å². The molecule has 140 valence electrons. The first-order valence-electron chi connectivity index (χ1n) is 8.16. The molecule has 1 N–H and O–H groups in total. The van der Waals surface area contributed by atoms with Gasteiger partial charge >= 0.3 is 6.18 Å². The van der Waals surface area contributed by atoms with Crippen molar-refractivity contribution in [1.29, 1.82) is 0 Å². The van der Waals surface area contributed by atoms with Gasteiger partial charge in [-0.15, -0.1) is 0 Å². The van der Waals surface area contributed by atoms with E-state index in [4.69, 9.17) is 0 Å². The van der Waals surface area contributed by atoms with Crippen LogP contribution in [0.15, 0.2) is 48.5 Å². The van der Waals surface area contributed by atoms with Crippen LogP contribution >= 0.6 is 0 Å². The van der Waals surface area contributed by atoms with Crippen molar-refractivity contribution >= 4 is 17.7 Å². The smallest absolute Gasteiger partial charge is 0.354 e. The zero-order chi connectivity index (χ0) is 19.6. The number of nitrogens with one attached hydrogen (secondary N) is 1. The Morgan fingerprint density at radius 3 is 2.07 bits per heavy atom. The quantitative estimate of drug-likeness (QED) is 0.816. The van der Waals surface area contributed by atoms with Crippen LogP contribution in [0.4, 0.5) is 13.2 Å². The normalized spacial score (nSPS) is 13.7. The van der Waals surface area contributed by atoms with Gasteiger partial charge in [-0.2, -0.15) is 13.2 Å². The third kappa shape index (κ3) is 3.84. The minimum atomic E-state index is -4.47. The Balaban J connectivity index is 1.58. The van der Waals surface area contributed by atoms with Crippen LogP contribution in [0, 0.1) is 0 Å². The molecule has 8 heteroatoms. The summed E-state index contributed by atoms with van der Waals surface area (Å²) < 4.78 is 38.9. The molecule has 0 atom stereocenters. The van der Waals surface area contributed by atoms with E-state index in [9.17, 15) is 27.6 Å². The van der Waals surface area contributed by atoms with E-state index in [2.05, 4.69) is 5.32 Å². The van der Waals surface area contributed by atoms with Gasteiger partial charge in [0.15, 0.2) is 0 Å². The molecule has 3 rings (SSSR count). The molecule has 5 nitrogen and oxygen atoms in total. The Morgan fingerprint density at radius 2 is 1.48 bits per heavy atom. The van der Waals surface area contributed by atoms with E-state index in [1.807, 2.05) is 0 Å². The van der Waals surface area contributed by atoms with Crippen LogP contribution in [0.2, 0.25) is 0 Å². The highest BCUT2D eigenvalue weighted by atomic mass is 19.4. The lowest BCUT2D eigenvalue weighted by atomic mass is 10.0. The number of benzene rings is 2. The summed E-state index contributed by atoms with van der Waals surface area (Å²) in [4.78, 5) is 37.2. The second kappa shape index (κ2) is 7.22. The van der Waals surface area contributed by atoms with E-state index in [1.54, 1.807) is 12.1 Å². The third-order valence-corrected chi connectivity index (χ3v) is 4.22. The largest absolute Gasteiger partial charge is 0.416 e. The summed E-state index contributed by atoms with van der Waals surface area (Å²) in [6, 6.07) is 11.4. The van der Waals surface area contributed by atoms with Crippen molar-refractivity contribution in [2.45, 2.75) is 12.6 Å². The van der Waals surface area contributed by atoms with Crippen LogP contribution in [0.25, 0.3) is 0 Å². The number of rotatable bonds is 5. The Kier molecular flexibility index (Phi) is 4.98. The maximum Gasteiger partial charge on any atom is 0.416 e. The van der Waals surface area contributed by atoms with Crippen LogP contribution in [-0.2, 0) is 17.4 Å². The number of amides is 3. The molecule has 0 unspecified atom stereocenters. The average molecular weight is 376 g/mol. The monoisotopic (exact) mass is 376 g/mol. The van der Waals surface area contributed by atoms with E-state index >= 15 is 0 Å². The molecule has 0 fully saturated rings. The van der Waals surface area contributed by atoms with E-state index < -0.39 is 36.0 Å². The third-order valence-electron chi connectivity index (χ3n) is 4.22. The Hall–Kier alpha value is -3.16. The summed E-state index contributed by atoms with van der Waals surface area (Å²) in [7, 11) is 0. The number of alkyl halides is 3. The van der Waals surface area contributed by atoms with Crippen molar-refractivity contribution < 1.29 is 27.6 Å². The maximum absolute atomic E-state index is 13.0. The number of fused-ring (bicyclic) bond motifs is 1. The molecule has 27 heavy (non-hydrogen) atoms. The first-order chi connectivity index (χ1) is 12.8. The summed E-state index contributed by atoms with van der Waals surface area (Å²) in [6.45, 7) is -0.525. The van der Waals surface area contributed by atoms with Crippen molar-refractivity contribution in [2.75, 3.05) is 13.1 Å². The molecule has 0 aromatic heterocycles. The van der Waals surface area contributed by atoms with Gasteiger partial charge < -0.3 is 5.32 Å². The van der Waals surface area contributed by atoms with E-state index in [1.165, 1.54) is 30.3 Å². The Labute approximate surface area is 152 Å². The van der Waals surface area contributed by atoms with Gasteiger partial charge in [0, 0.05) is 6.54 Å². The van der Waals surface area contributed by atoms with Gasteiger partial charge in [0.25, 0.3) is 11.8 Å². The van der Waals surface area contributed by atoms with Gasteiger partial charge in [-0.25, -0.2) is 0 Å². The average Bonchev–Trinajstić information content (AvgIpc) is 2.87. The summed E-state index contributed by atoms with van der Waals surface area (Å²) in [5, 5.41) is 2.45. The van der Waals surface area contributed by atoms with Crippen molar-refractivity contribution in [1.82, 2.24) is 10.2 Å². The predicted molar refractivity (Wildman–Crippen MR) is 90.0 cm³/mol. The molecule has 0 bridgehead atoms.